The molecule has 0 bridgehead atoms. The average Bonchev–Trinajstić information content (AvgIpc) is 2.64. The zero-order valence-corrected chi connectivity index (χ0v) is 17.0. The Labute approximate surface area is 170 Å². The predicted octanol–water partition coefficient (Wildman–Crippen LogP) is 4.15. The standard InChI is InChI=1S/C12H11FN4.C7H8BrN3/c1-7(2)11-12(14)16-6-10(17-11)8-3-9(13)5-15-4-8;1-4(2)6-7(9)10-3-5(8)11-6/h3-6H,1H2,2H3,(H2,14,16);3H,1H2,2H3,(H2,9,10). The minimum absolute atomic E-state index is 0.311. The molecule has 3 aromatic heterocycles. The normalized spacial score (nSPS) is 10.0. The molecule has 0 saturated heterocycles. The molecule has 0 atom stereocenters. The highest BCUT2D eigenvalue weighted by Crippen LogP contribution is 2.21. The number of rotatable bonds is 3. The third-order valence-electron chi connectivity index (χ3n) is 3.38. The summed E-state index contributed by atoms with van der Waals surface area (Å²) in [4.78, 5) is 20.1. The summed E-state index contributed by atoms with van der Waals surface area (Å²) in [7, 11) is 0. The lowest BCUT2D eigenvalue weighted by atomic mass is 10.2. The molecule has 0 saturated carbocycles. The van der Waals surface area contributed by atoms with Crippen LogP contribution in [0, 0.1) is 5.82 Å². The van der Waals surface area contributed by atoms with Crippen LogP contribution in [0.5, 0.6) is 0 Å². The lowest BCUT2D eigenvalue weighted by molar-refractivity contribution is 0.622. The molecule has 0 radical (unpaired) electrons. The first-order chi connectivity index (χ1) is 13.2. The van der Waals surface area contributed by atoms with Crippen LogP contribution in [0.25, 0.3) is 22.4 Å². The number of nitrogens with two attached hydrogens (primary N) is 2. The third-order valence-corrected chi connectivity index (χ3v) is 3.76. The number of aromatic nitrogens is 5. The minimum Gasteiger partial charge on any atom is -0.382 e. The molecule has 3 rings (SSSR count). The van der Waals surface area contributed by atoms with Gasteiger partial charge in [-0.15, -0.1) is 0 Å². The molecule has 28 heavy (non-hydrogen) atoms. The third kappa shape index (κ3) is 5.40. The number of pyridine rings is 1. The Balaban J connectivity index is 0.000000221. The Kier molecular flexibility index (Phi) is 6.89. The van der Waals surface area contributed by atoms with Gasteiger partial charge in [-0.1, -0.05) is 13.2 Å². The van der Waals surface area contributed by atoms with Crippen molar-refractivity contribution in [3.05, 3.63) is 65.8 Å². The van der Waals surface area contributed by atoms with E-state index in [4.69, 9.17) is 11.5 Å². The molecule has 3 aromatic rings. The first kappa shape index (κ1) is 21.1. The van der Waals surface area contributed by atoms with E-state index in [0.29, 0.717) is 44.5 Å². The van der Waals surface area contributed by atoms with Crippen molar-refractivity contribution >= 4 is 38.7 Å². The number of allylic oxidation sites excluding steroid dienone is 2. The van der Waals surface area contributed by atoms with Gasteiger partial charge in [0.25, 0.3) is 0 Å². The number of anilines is 2. The quantitative estimate of drug-likeness (QED) is 0.623. The molecule has 0 spiro atoms. The summed E-state index contributed by atoms with van der Waals surface area (Å²) in [5, 5.41) is 0. The fraction of sp³-hybridized carbons (Fsp3) is 0.105. The fourth-order valence-corrected chi connectivity index (χ4v) is 2.37. The van der Waals surface area contributed by atoms with Crippen molar-refractivity contribution in [1.82, 2.24) is 24.9 Å². The zero-order valence-electron chi connectivity index (χ0n) is 15.4. The molecule has 0 fully saturated rings. The van der Waals surface area contributed by atoms with Crippen LogP contribution in [0.3, 0.4) is 0 Å². The first-order valence-electron chi connectivity index (χ1n) is 8.02. The van der Waals surface area contributed by atoms with Crippen molar-refractivity contribution in [2.24, 2.45) is 0 Å². The highest BCUT2D eigenvalue weighted by molar-refractivity contribution is 9.10. The summed E-state index contributed by atoms with van der Waals surface area (Å²) in [6.07, 6.45) is 5.69. The predicted molar refractivity (Wildman–Crippen MR) is 113 cm³/mol. The van der Waals surface area contributed by atoms with Gasteiger partial charge in [0.05, 0.1) is 24.3 Å². The van der Waals surface area contributed by atoms with Gasteiger partial charge in [0.15, 0.2) is 0 Å². The molecular weight excluding hydrogens is 425 g/mol. The Hall–Kier alpha value is -3.20. The number of hydrogen-bond donors (Lipinski definition) is 2. The molecule has 0 aliphatic heterocycles. The Bertz CT molecular complexity index is 1040. The van der Waals surface area contributed by atoms with Crippen LogP contribution < -0.4 is 11.5 Å². The van der Waals surface area contributed by atoms with Gasteiger partial charge in [-0.25, -0.2) is 24.3 Å². The minimum atomic E-state index is -0.419. The summed E-state index contributed by atoms with van der Waals surface area (Å²) in [5.41, 5.74) is 15.0. The maximum Gasteiger partial charge on any atom is 0.149 e. The zero-order chi connectivity index (χ0) is 20.8. The molecule has 3 heterocycles. The van der Waals surface area contributed by atoms with Gasteiger partial charge >= 0.3 is 0 Å². The first-order valence-corrected chi connectivity index (χ1v) is 8.81. The van der Waals surface area contributed by atoms with Crippen molar-refractivity contribution in [3.8, 4) is 11.3 Å². The molecule has 0 unspecified atom stereocenters. The largest absolute Gasteiger partial charge is 0.382 e. The SMILES string of the molecule is C=C(C)c1nc(-c2cncc(F)c2)cnc1N.C=C(C)c1nc(Br)cnc1N. The lowest BCUT2D eigenvalue weighted by Crippen LogP contribution is -2.00. The van der Waals surface area contributed by atoms with Gasteiger partial charge in [-0.05, 0) is 47.0 Å². The monoisotopic (exact) mass is 443 g/mol. The van der Waals surface area contributed by atoms with E-state index in [1.54, 1.807) is 13.1 Å². The number of halogens is 2. The van der Waals surface area contributed by atoms with Gasteiger partial charge in [0.1, 0.15) is 33.4 Å². The summed E-state index contributed by atoms with van der Waals surface area (Å²) in [6.45, 7) is 11.1. The number of nitrogen functional groups attached to an aromatic ring is 2. The molecule has 9 heteroatoms. The highest BCUT2D eigenvalue weighted by Gasteiger charge is 2.08. The van der Waals surface area contributed by atoms with Gasteiger partial charge in [-0.2, -0.15) is 0 Å². The second kappa shape index (κ2) is 9.14. The molecule has 144 valence electrons. The second-order valence-electron chi connectivity index (χ2n) is 5.87. The summed E-state index contributed by atoms with van der Waals surface area (Å²) >= 11 is 3.19. The summed E-state index contributed by atoms with van der Waals surface area (Å²) in [6, 6.07) is 1.34. The van der Waals surface area contributed by atoms with E-state index in [1.165, 1.54) is 18.5 Å². The topological polar surface area (TPSA) is 116 Å². The highest BCUT2D eigenvalue weighted by atomic mass is 79.9. The molecular formula is C19H19BrFN7. The molecule has 0 amide bonds. The van der Waals surface area contributed by atoms with Crippen LogP contribution in [0.4, 0.5) is 16.0 Å². The van der Waals surface area contributed by atoms with Crippen LogP contribution in [-0.2, 0) is 0 Å². The van der Waals surface area contributed by atoms with E-state index < -0.39 is 5.82 Å². The number of nitrogens with zero attached hydrogens (tertiary/aromatic N) is 5. The van der Waals surface area contributed by atoms with Crippen LogP contribution in [0.15, 0.2) is 48.6 Å². The maximum atomic E-state index is 13.0. The van der Waals surface area contributed by atoms with Gasteiger partial charge < -0.3 is 11.5 Å². The van der Waals surface area contributed by atoms with Crippen molar-refractivity contribution in [1.29, 1.82) is 0 Å². The second-order valence-corrected chi connectivity index (χ2v) is 6.68. The van der Waals surface area contributed by atoms with E-state index >= 15 is 0 Å². The van der Waals surface area contributed by atoms with Crippen molar-refractivity contribution in [2.45, 2.75) is 13.8 Å². The Morgan fingerprint density at radius 3 is 2.04 bits per heavy atom. The Morgan fingerprint density at radius 2 is 1.50 bits per heavy atom. The molecule has 0 aliphatic carbocycles. The molecule has 4 N–H and O–H groups in total. The summed E-state index contributed by atoms with van der Waals surface area (Å²) < 4.78 is 13.7. The lowest BCUT2D eigenvalue weighted by Gasteiger charge is -2.06. The molecule has 7 nitrogen and oxygen atoms in total. The fourth-order valence-electron chi connectivity index (χ4n) is 2.09. The number of hydrogen-bond acceptors (Lipinski definition) is 7. The van der Waals surface area contributed by atoms with E-state index in [9.17, 15) is 4.39 Å². The van der Waals surface area contributed by atoms with E-state index in [2.05, 4.69) is 54.0 Å². The maximum absolute atomic E-state index is 13.0. The van der Waals surface area contributed by atoms with Crippen LogP contribution in [0.1, 0.15) is 25.2 Å². The van der Waals surface area contributed by atoms with Gasteiger partial charge in [0, 0.05) is 11.8 Å². The summed E-state index contributed by atoms with van der Waals surface area (Å²) in [5.74, 6) is 0.310. The van der Waals surface area contributed by atoms with Crippen LogP contribution in [0.2, 0.25) is 0 Å². The smallest absolute Gasteiger partial charge is 0.149 e. The van der Waals surface area contributed by atoms with Crippen LogP contribution >= 0.6 is 15.9 Å². The van der Waals surface area contributed by atoms with Crippen LogP contribution in [-0.4, -0.2) is 24.9 Å². The van der Waals surface area contributed by atoms with E-state index in [0.717, 1.165) is 11.8 Å². The van der Waals surface area contributed by atoms with Gasteiger partial charge in [0.2, 0.25) is 0 Å². The Morgan fingerprint density at radius 1 is 0.929 bits per heavy atom. The molecule has 0 aliphatic rings. The van der Waals surface area contributed by atoms with Crippen molar-refractivity contribution < 1.29 is 4.39 Å². The molecule has 0 aromatic carbocycles. The van der Waals surface area contributed by atoms with Crippen molar-refractivity contribution in [2.75, 3.05) is 11.5 Å². The van der Waals surface area contributed by atoms with Gasteiger partial charge in [-0.3, -0.25) is 4.98 Å². The van der Waals surface area contributed by atoms with Crippen molar-refractivity contribution in [3.63, 3.8) is 0 Å². The average molecular weight is 444 g/mol. The van der Waals surface area contributed by atoms with E-state index in [1.807, 2.05) is 6.92 Å². The van der Waals surface area contributed by atoms with E-state index in [-0.39, 0.29) is 0 Å².